The smallest absolute Gasteiger partial charge is 0.00196 e. The van der Waals surface area contributed by atoms with Crippen LogP contribution < -0.4 is 10.4 Å². The Bertz CT molecular complexity index is 527. The molecule has 1 aromatic carbocycles. The second-order valence-corrected chi connectivity index (χ2v) is 3.53. The van der Waals surface area contributed by atoms with E-state index in [-0.39, 0.29) is 0 Å². The molecule has 0 nitrogen and oxygen atoms in total. The summed E-state index contributed by atoms with van der Waals surface area (Å²) >= 11 is 0. The Labute approximate surface area is 77.2 Å². The molecule has 0 saturated heterocycles. The fourth-order valence-electron chi connectivity index (χ4n) is 1.98. The minimum Gasteiger partial charge on any atom is -0.0616 e. The van der Waals surface area contributed by atoms with Crippen LogP contribution in [0.3, 0.4) is 0 Å². The van der Waals surface area contributed by atoms with E-state index in [1.54, 1.807) is 0 Å². The molecule has 1 aromatic rings. The third-order valence-electron chi connectivity index (χ3n) is 2.68. The lowest BCUT2D eigenvalue weighted by atomic mass is 10.1. The Kier molecular flexibility index (Phi) is 1.31. The van der Waals surface area contributed by atoms with Crippen LogP contribution in [0.4, 0.5) is 0 Å². The van der Waals surface area contributed by atoms with Gasteiger partial charge in [0.1, 0.15) is 0 Å². The molecule has 0 saturated carbocycles. The van der Waals surface area contributed by atoms with Gasteiger partial charge in [0.05, 0.1) is 0 Å². The fourth-order valence-corrected chi connectivity index (χ4v) is 1.98. The SMILES string of the molecule is C1=CC2=c3ccccc3=CC=C1C2. The number of rotatable bonds is 0. The van der Waals surface area contributed by atoms with Crippen molar-refractivity contribution in [3.05, 3.63) is 58.5 Å². The molecule has 0 aliphatic heterocycles. The van der Waals surface area contributed by atoms with Crippen molar-refractivity contribution in [2.24, 2.45) is 0 Å². The maximum atomic E-state index is 2.23. The first kappa shape index (κ1) is 6.90. The van der Waals surface area contributed by atoms with E-state index >= 15 is 0 Å². The molecule has 2 aliphatic rings. The average molecular weight is 166 g/mol. The quantitative estimate of drug-likeness (QED) is 0.548. The van der Waals surface area contributed by atoms with Crippen molar-refractivity contribution >= 4 is 11.6 Å². The zero-order valence-corrected chi connectivity index (χ0v) is 7.33. The topological polar surface area (TPSA) is 0 Å². The predicted molar refractivity (Wildman–Crippen MR) is 55.4 cm³/mol. The van der Waals surface area contributed by atoms with Crippen LogP contribution in [0.1, 0.15) is 6.42 Å². The molecular weight excluding hydrogens is 156 g/mol. The van der Waals surface area contributed by atoms with Crippen molar-refractivity contribution < 1.29 is 0 Å². The summed E-state index contributed by atoms with van der Waals surface area (Å²) in [5, 5.41) is 2.74. The second-order valence-electron chi connectivity index (χ2n) is 3.53. The molecule has 0 atom stereocenters. The second kappa shape index (κ2) is 2.46. The van der Waals surface area contributed by atoms with Crippen LogP contribution >= 0.6 is 0 Å². The summed E-state index contributed by atoms with van der Waals surface area (Å²) in [6.07, 6.45) is 9.98. The molecular formula is C13H10. The summed E-state index contributed by atoms with van der Waals surface area (Å²) in [6.45, 7) is 0. The maximum absolute atomic E-state index is 2.23. The van der Waals surface area contributed by atoms with Gasteiger partial charge in [0.15, 0.2) is 0 Å². The predicted octanol–water partition coefficient (Wildman–Crippen LogP) is 1.52. The molecule has 0 unspecified atom stereocenters. The van der Waals surface area contributed by atoms with Crippen LogP contribution in [0, 0.1) is 0 Å². The summed E-state index contributed by atoms with van der Waals surface area (Å²) in [5.41, 5.74) is 2.88. The average Bonchev–Trinajstić information content (AvgIpc) is 2.54. The van der Waals surface area contributed by atoms with E-state index in [9.17, 15) is 0 Å². The van der Waals surface area contributed by atoms with Gasteiger partial charge in [-0.05, 0) is 28.0 Å². The maximum Gasteiger partial charge on any atom is -0.00196 e. The Morgan fingerprint density at radius 3 is 2.85 bits per heavy atom. The van der Waals surface area contributed by atoms with Crippen LogP contribution in [0.5, 0.6) is 0 Å². The molecule has 3 rings (SSSR count). The summed E-state index contributed by atoms with van der Waals surface area (Å²) < 4.78 is 0. The van der Waals surface area contributed by atoms with E-state index in [1.807, 2.05) is 0 Å². The molecule has 62 valence electrons. The Morgan fingerprint density at radius 1 is 0.923 bits per heavy atom. The first-order chi connectivity index (χ1) is 6.43. The largest absolute Gasteiger partial charge is 0.0616 e. The minimum absolute atomic E-state index is 1.10. The van der Waals surface area contributed by atoms with Gasteiger partial charge in [-0.1, -0.05) is 48.6 Å². The van der Waals surface area contributed by atoms with Gasteiger partial charge in [0.25, 0.3) is 0 Å². The lowest BCUT2D eigenvalue weighted by Crippen LogP contribution is -2.24. The first-order valence-electron chi connectivity index (χ1n) is 4.61. The standard InChI is InChI=1S/C13H10/c1-2-4-13-11(3-1)7-5-10-6-8-12(13)9-10/h1-8H,9H2. The number of hydrogen-bond donors (Lipinski definition) is 0. The molecule has 13 heavy (non-hydrogen) atoms. The highest BCUT2D eigenvalue weighted by Crippen LogP contribution is 2.22. The van der Waals surface area contributed by atoms with Gasteiger partial charge in [0.2, 0.25) is 0 Å². The lowest BCUT2D eigenvalue weighted by Gasteiger charge is -1.93. The lowest BCUT2D eigenvalue weighted by molar-refractivity contribution is 1.36. The van der Waals surface area contributed by atoms with Gasteiger partial charge >= 0.3 is 0 Å². The van der Waals surface area contributed by atoms with Crippen LogP contribution in [0.2, 0.25) is 0 Å². The molecule has 0 amide bonds. The van der Waals surface area contributed by atoms with E-state index in [0.29, 0.717) is 0 Å². The molecule has 0 fully saturated rings. The van der Waals surface area contributed by atoms with Gasteiger partial charge in [-0.25, -0.2) is 0 Å². The van der Waals surface area contributed by atoms with Gasteiger partial charge in [0, 0.05) is 0 Å². The summed E-state index contributed by atoms with van der Waals surface area (Å²) in [5.74, 6) is 0. The van der Waals surface area contributed by atoms with E-state index in [4.69, 9.17) is 0 Å². The molecule has 2 aliphatic carbocycles. The van der Waals surface area contributed by atoms with Gasteiger partial charge < -0.3 is 0 Å². The van der Waals surface area contributed by atoms with Crippen LogP contribution in [0.25, 0.3) is 11.6 Å². The van der Waals surface area contributed by atoms with E-state index in [2.05, 4.69) is 48.6 Å². The number of hydrogen-bond acceptors (Lipinski definition) is 0. The first-order valence-corrected chi connectivity index (χ1v) is 4.61. The monoisotopic (exact) mass is 166 g/mol. The number of benzene rings is 1. The fraction of sp³-hybridized carbons (Fsp3) is 0.0769. The highest BCUT2D eigenvalue weighted by molar-refractivity contribution is 5.70. The third kappa shape index (κ3) is 0.988. The summed E-state index contributed by atoms with van der Waals surface area (Å²) in [4.78, 5) is 0. The summed E-state index contributed by atoms with van der Waals surface area (Å²) in [6, 6.07) is 8.58. The van der Waals surface area contributed by atoms with Crippen LogP contribution in [-0.4, -0.2) is 0 Å². The third-order valence-corrected chi connectivity index (χ3v) is 2.68. The Morgan fingerprint density at radius 2 is 1.85 bits per heavy atom. The number of fused-ring (bicyclic) bond motifs is 3. The Hall–Kier alpha value is -1.56. The Balaban J connectivity index is 2.54. The molecule has 2 bridgehead atoms. The van der Waals surface area contributed by atoms with Crippen molar-refractivity contribution in [2.45, 2.75) is 6.42 Å². The zero-order chi connectivity index (χ0) is 8.67. The van der Waals surface area contributed by atoms with Gasteiger partial charge in [-0.15, -0.1) is 0 Å². The summed E-state index contributed by atoms with van der Waals surface area (Å²) in [7, 11) is 0. The number of allylic oxidation sites excluding steroid dienone is 4. The zero-order valence-electron chi connectivity index (χ0n) is 7.33. The van der Waals surface area contributed by atoms with Crippen molar-refractivity contribution in [2.75, 3.05) is 0 Å². The molecule has 0 heterocycles. The molecule has 0 N–H and O–H groups in total. The van der Waals surface area contributed by atoms with Crippen molar-refractivity contribution in [1.82, 2.24) is 0 Å². The van der Waals surface area contributed by atoms with Crippen LogP contribution in [-0.2, 0) is 0 Å². The van der Waals surface area contributed by atoms with E-state index in [0.717, 1.165) is 6.42 Å². The van der Waals surface area contributed by atoms with Crippen molar-refractivity contribution in [1.29, 1.82) is 0 Å². The molecule has 0 aromatic heterocycles. The molecule has 0 radical (unpaired) electrons. The van der Waals surface area contributed by atoms with E-state index in [1.165, 1.54) is 21.6 Å². The van der Waals surface area contributed by atoms with Crippen molar-refractivity contribution in [3.8, 4) is 0 Å². The van der Waals surface area contributed by atoms with E-state index < -0.39 is 0 Å². The van der Waals surface area contributed by atoms with Crippen molar-refractivity contribution in [3.63, 3.8) is 0 Å². The van der Waals surface area contributed by atoms with Crippen LogP contribution in [0.15, 0.2) is 48.1 Å². The highest BCUT2D eigenvalue weighted by atomic mass is 14.1. The highest BCUT2D eigenvalue weighted by Gasteiger charge is 2.07. The minimum atomic E-state index is 1.10. The molecule has 0 heteroatoms. The van der Waals surface area contributed by atoms with Gasteiger partial charge in [-0.3, -0.25) is 0 Å². The van der Waals surface area contributed by atoms with Gasteiger partial charge in [-0.2, -0.15) is 0 Å². The molecule has 0 spiro atoms. The normalized spacial score (nSPS) is 17.5.